The van der Waals surface area contributed by atoms with Crippen LogP contribution in [0.5, 0.6) is 0 Å². The smallest absolute Gasteiger partial charge is 0.323 e. The Kier molecular flexibility index (Phi) is 6.30. The van der Waals surface area contributed by atoms with Crippen LogP contribution in [0.4, 0.5) is 4.79 Å². The standard InChI is InChI=1S/C19H25N3O6/c1-11(2)10-22(18(20)28)15(19(7-8-23,16(24)25)17(26)27)13-9-21-14-6-4-3-5-12(13)14/h3-6,9,11,15,21,23H,7-8,10H2,1-2H3,(H2,20,28)(H,24,25)(H,26,27). The third kappa shape index (κ3) is 3.65. The fourth-order valence-corrected chi connectivity index (χ4v) is 3.59. The Bertz CT molecular complexity index is 861. The molecule has 0 saturated heterocycles. The van der Waals surface area contributed by atoms with E-state index in [1.807, 2.05) is 0 Å². The molecule has 9 heteroatoms. The summed E-state index contributed by atoms with van der Waals surface area (Å²) < 4.78 is 0. The third-order valence-corrected chi connectivity index (χ3v) is 4.81. The van der Waals surface area contributed by atoms with E-state index >= 15 is 0 Å². The number of aliphatic hydroxyl groups is 1. The van der Waals surface area contributed by atoms with E-state index in [-0.39, 0.29) is 12.5 Å². The number of carboxylic acids is 2. The molecule has 2 aromatic rings. The number of aromatic amines is 1. The number of rotatable bonds is 9. The van der Waals surface area contributed by atoms with Gasteiger partial charge in [-0.25, -0.2) is 4.79 Å². The number of nitrogens with two attached hydrogens (primary N) is 1. The van der Waals surface area contributed by atoms with Gasteiger partial charge in [0.1, 0.15) is 0 Å². The summed E-state index contributed by atoms with van der Waals surface area (Å²) in [5.74, 6) is -3.41. The molecule has 0 saturated carbocycles. The molecule has 0 fully saturated rings. The van der Waals surface area contributed by atoms with Crippen LogP contribution in [-0.4, -0.2) is 56.3 Å². The first-order valence-corrected chi connectivity index (χ1v) is 8.86. The number of primary amides is 1. The number of carbonyl (C=O) groups is 3. The van der Waals surface area contributed by atoms with Gasteiger partial charge in [-0.1, -0.05) is 32.0 Å². The van der Waals surface area contributed by atoms with Crippen molar-refractivity contribution in [2.75, 3.05) is 13.2 Å². The van der Waals surface area contributed by atoms with Crippen molar-refractivity contribution in [2.24, 2.45) is 17.1 Å². The second-order valence-corrected chi connectivity index (χ2v) is 7.13. The Balaban J connectivity index is 2.85. The maximum Gasteiger partial charge on any atom is 0.323 e. The molecule has 1 aromatic heterocycles. The molecule has 28 heavy (non-hydrogen) atoms. The Morgan fingerprint density at radius 2 is 1.79 bits per heavy atom. The van der Waals surface area contributed by atoms with Crippen molar-refractivity contribution in [3.05, 3.63) is 36.0 Å². The van der Waals surface area contributed by atoms with E-state index in [2.05, 4.69) is 4.98 Å². The number of nitrogens with one attached hydrogen (secondary N) is 1. The number of hydrogen-bond donors (Lipinski definition) is 5. The molecule has 2 amide bonds. The van der Waals surface area contributed by atoms with Crippen molar-refractivity contribution >= 4 is 28.9 Å². The molecular weight excluding hydrogens is 366 g/mol. The fourth-order valence-electron chi connectivity index (χ4n) is 3.59. The Labute approximate surface area is 161 Å². The number of nitrogens with zero attached hydrogens (tertiary/aromatic N) is 1. The highest BCUT2D eigenvalue weighted by Gasteiger charge is 2.57. The number of hydrogen-bond acceptors (Lipinski definition) is 4. The van der Waals surface area contributed by atoms with Crippen molar-refractivity contribution in [1.82, 2.24) is 9.88 Å². The lowest BCUT2D eigenvalue weighted by Gasteiger charge is -2.40. The molecule has 1 atom stereocenters. The number of para-hydroxylation sites is 1. The summed E-state index contributed by atoms with van der Waals surface area (Å²) in [6, 6.07) is 4.59. The second kappa shape index (κ2) is 8.30. The molecule has 2 rings (SSSR count). The first-order valence-electron chi connectivity index (χ1n) is 8.86. The molecule has 1 heterocycles. The Morgan fingerprint density at radius 3 is 2.29 bits per heavy atom. The topological polar surface area (TPSA) is 157 Å². The minimum atomic E-state index is -2.48. The molecule has 1 aromatic carbocycles. The van der Waals surface area contributed by atoms with Gasteiger partial charge in [-0.15, -0.1) is 0 Å². The van der Waals surface area contributed by atoms with E-state index in [4.69, 9.17) is 5.73 Å². The molecule has 0 aliphatic carbocycles. The van der Waals surface area contributed by atoms with Gasteiger partial charge in [0.2, 0.25) is 0 Å². The van der Waals surface area contributed by atoms with Crippen LogP contribution in [0.2, 0.25) is 0 Å². The molecule has 0 bridgehead atoms. The molecule has 1 unspecified atom stereocenters. The van der Waals surface area contributed by atoms with Crippen LogP contribution >= 0.6 is 0 Å². The quantitative estimate of drug-likeness (QED) is 0.410. The highest BCUT2D eigenvalue weighted by atomic mass is 16.4. The summed E-state index contributed by atoms with van der Waals surface area (Å²) in [5, 5.41) is 30.0. The van der Waals surface area contributed by atoms with Crippen molar-refractivity contribution in [3.63, 3.8) is 0 Å². The monoisotopic (exact) mass is 391 g/mol. The number of aliphatic hydroxyl groups excluding tert-OH is 1. The first-order chi connectivity index (χ1) is 13.2. The van der Waals surface area contributed by atoms with Crippen LogP contribution in [0.3, 0.4) is 0 Å². The summed E-state index contributed by atoms with van der Waals surface area (Å²) in [5.41, 5.74) is 4.05. The summed E-state index contributed by atoms with van der Waals surface area (Å²) >= 11 is 0. The minimum absolute atomic E-state index is 0.0489. The van der Waals surface area contributed by atoms with Crippen LogP contribution in [0.15, 0.2) is 30.5 Å². The van der Waals surface area contributed by atoms with Crippen LogP contribution in [0.1, 0.15) is 31.9 Å². The maximum absolute atomic E-state index is 12.3. The van der Waals surface area contributed by atoms with Gasteiger partial charge in [0.15, 0.2) is 5.41 Å². The van der Waals surface area contributed by atoms with Gasteiger partial charge in [-0.05, 0) is 18.4 Å². The lowest BCUT2D eigenvalue weighted by molar-refractivity contribution is -0.171. The van der Waals surface area contributed by atoms with Gasteiger partial charge in [-0.3, -0.25) is 9.59 Å². The summed E-state index contributed by atoms with van der Waals surface area (Å²) in [7, 11) is 0. The van der Waals surface area contributed by atoms with Crippen LogP contribution in [0.25, 0.3) is 10.9 Å². The maximum atomic E-state index is 12.3. The number of fused-ring (bicyclic) bond motifs is 1. The number of aromatic nitrogens is 1. The van der Waals surface area contributed by atoms with Crippen LogP contribution < -0.4 is 5.73 Å². The highest BCUT2D eigenvalue weighted by molar-refractivity contribution is 6.01. The zero-order valence-electron chi connectivity index (χ0n) is 15.8. The molecule has 0 aliphatic rings. The molecule has 0 aliphatic heterocycles. The van der Waals surface area contributed by atoms with Gasteiger partial charge in [0, 0.05) is 35.8 Å². The SMILES string of the molecule is CC(C)CN(C(N)=O)C(c1c[nH]c2ccccc12)C(CCO)(C(=O)O)C(=O)O. The zero-order valence-corrected chi connectivity index (χ0v) is 15.8. The van der Waals surface area contributed by atoms with E-state index in [1.165, 1.54) is 6.20 Å². The van der Waals surface area contributed by atoms with Gasteiger partial charge < -0.3 is 30.9 Å². The van der Waals surface area contributed by atoms with Gasteiger partial charge in [0.25, 0.3) is 0 Å². The van der Waals surface area contributed by atoms with E-state index in [9.17, 15) is 29.7 Å². The average Bonchev–Trinajstić information content (AvgIpc) is 3.03. The van der Waals surface area contributed by atoms with Crippen LogP contribution in [0, 0.1) is 11.3 Å². The molecular formula is C19H25N3O6. The number of amides is 2. The van der Waals surface area contributed by atoms with Gasteiger partial charge in [-0.2, -0.15) is 0 Å². The molecule has 0 radical (unpaired) electrons. The number of H-pyrrole nitrogens is 1. The number of aliphatic carboxylic acids is 2. The van der Waals surface area contributed by atoms with E-state index in [1.54, 1.807) is 38.1 Å². The molecule has 9 nitrogen and oxygen atoms in total. The molecule has 0 spiro atoms. The number of carbonyl (C=O) groups excluding carboxylic acids is 1. The highest BCUT2D eigenvalue weighted by Crippen LogP contribution is 2.45. The lowest BCUT2D eigenvalue weighted by atomic mass is 9.73. The Morgan fingerprint density at radius 1 is 1.18 bits per heavy atom. The predicted molar refractivity (Wildman–Crippen MR) is 102 cm³/mol. The van der Waals surface area contributed by atoms with Crippen molar-refractivity contribution in [1.29, 1.82) is 0 Å². The number of urea groups is 1. The largest absolute Gasteiger partial charge is 0.480 e. The minimum Gasteiger partial charge on any atom is -0.480 e. The summed E-state index contributed by atoms with van der Waals surface area (Å²) in [4.78, 5) is 40.9. The Hall–Kier alpha value is -3.07. The number of benzene rings is 1. The third-order valence-electron chi connectivity index (χ3n) is 4.81. The number of carboxylic acid groups (broad SMARTS) is 2. The fraction of sp³-hybridized carbons (Fsp3) is 0.421. The van der Waals surface area contributed by atoms with E-state index < -0.39 is 42.5 Å². The normalized spacial score (nSPS) is 12.9. The van der Waals surface area contributed by atoms with E-state index in [0.29, 0.717) is 16.5 Å². The van der Waals surface area contributed by atoms with Crippen molar-refractivity contribution < 1.29 is 29.7 Å². The lowest BCUT2D eigenvalue weighted by Crippen LogP contribution is -2.55. The van der Waals surface area contributed by atoms with Gasteiger partial charge >= 0.3 is 18.0 Å². The van der Waals surface area contributed by atoms with Gasteiger partial charge in [0.05, 0.1) is 6.04 Å². The van der Waals surface area contributed by atoms with Crippen molar-refractivity contribution in [2.45, 2.75) is 26.3 Å². The predicted octanol–water partition coefficient (Wildman–Crippen LogP) is 1.78. The van der Waals surface area contributed by atoms with Crippen LogP contribution in [-0.2, 0) is 9.59 Å². The van der Waals surface area contributed by atoms with Crippen molar-refractivity contribution in [3.8, 4) is 0 Å². The molecule has 6 N–H and O–H groups in total. The zero-order chi connectivity index (χ0) is 21.1. The molecule has 152 valence electrons. The summed E-state index contributed by atoms with van der Waals surface area (Å²) in [6.45, 7) is 2.97. The average molecular weight is 391 g/mol. The summed E-state index contributed by atoms with van der Waals surface area (Å²) in [6.07, 6.45) is 0.896. The van der Waals surface area contributed by atoms with E-state index in [0.717, 1.165) is 4.90 Å². The second-order valence-electron chi connectivity index (χ2n) is 7.13. The first kappa shape index (κ1) is 21.2.